The molecular weight excluding hydrogens is 243 g/mol. The Hall–Kier alpha value is -1.82. The van der Waals surface area contributed by atoms with Crippen LogP contribution >= 0.6 is 0 Å². The van der Waals surface area contributed by atoms with Gasteiger partial charge in [-0.1, -0.05) is 18.2 Å². The molecule has 1 N–H and O–H groups in total. The Morgan fingerprint density at radius 2 is 2.00 bits per heavy atom. The van der Waals surface area contributed by atoms with E-state index in [-0.39, 0.29) is 0 Å². The average molecular weight is 255 g/mol. The topological polar surface area (TPSA) is 29.9 Å². The largest absolute Gasteiger partial charge is 0.419 e. The summed E-state index contributed by atoms with van der Waals surface area (Å²) in [7, 11) is 1.78. The monoisotopic (exact) mass is 255 g/mol. The number of para-hydroxylation sites is 1. The molecule has 0 saturated heterocycles. The highest BCUT2D eigenvalue weighted by Crippen LogP contribution is 2.29. The van der Waals surface area contributed by atoms with E-state index in [1.165, 1.54) is 4.68 Å². The molecule has 0 bridgehead atoms. The van der Waals surface area contributed by atoms with Gasteiger partial charge < -0.3 is 5.32 Å². The quantitative estimate of drug-likeness (QED) is 0.913. The van der Waals surface area contributed by atoms with Gasteiger partial charge in [0.05, 0.1) is 17.4 Å². The highest BCUT2D eigenvalue weighted by molar-refractivity contribution is 5.40. The number of benzene rings is 1. The van der Waals surface area contributed by atoms with Crippen molar-refractivity contribution in [1.29, 1.82) is 0 Å². The number of halogens is 3. The highest BCUT2D eigenvalue weighted by atomic mass is 19.4. The lowest BCUT2D eigenvalue weighted by Crippen LogP contribution is -2.09. The smallest absolute Gasteiger partial charge is 0.316 e. The lowest BCUT2D eigenvalue weighted by atomic mass is 10.2. The molecule has 96 valence electrons. The van der Waals surface area contributed by atoms with Crippen LogP contribution < -0.4 is 5.32 Å². The molecule has 0 aliphatic heterocycles. The van der Waals surface area contributed by atoms with Gasteiger partial charge in [0.25, 0.3) is 0 Å². The molecule has 0 aliphatic carbocycles. The fourth-order valence-electron chi connectivity index (χ4n) is 1.68. The van der Waals surface area contributed by atoms with Gasteiger partial charge in [-0.2, -0.15) is 18.3 Å². The molecule has 2 rings (SSSR count). The molecule has 6 heteroatoms. The fourth-order valence-corrected chi connectivity index (χ4v) is 1.68. The first-order valence-electron chi connectivity index (χ1n) is 5.37. The Morgan fingerprint density at radius 3 is 2.61 bits per heavy atom. The van der Waals surface area contributed by atoms with Crippen LogP contribution in [0.1, 0.15) is 11.1 Å². The predicted molar refractivity (Wildman–Crippen MR) is 61.3 cm³/mol. The maximum atomic E-state index is 12.5. The molecule has 18 heavy (non-hydrogen) atoms. The summed E-state index contributed by atoms with van der Waals surface area (Å²) < 4.78 is 38.7. The van der Waals surface area contributed by atoms with E-state index in [1.54, 1.807) is 19.2 Å². The second kappa shape index (κ2) is 4.81. The summed E-state index contributed by atoms with van der Waals surface area (Å²) in [5, 5.41) is 6.73. The first-order valence-corrected chi connectivity index (χ1v) is 5.37. The summed E-state index contributed by atoms with van der Waals surface area (Å²) in [6.07, 6.45) is -2.54. The molecule has 0 saturated carbocycles. The summed E-state index contributed by atoms with van der Waals surface area (Å²) in [4.78, 5) is 0. The molecular formula is C12H12F3N3. The number of hydrogen-bond donors (Lipinski definition) is 1. The van der Waals surface area contributed by atoms with Crippen molar-refractivity contribution >= 4 is 0 Å². The molecule has 0 aliphatic rings. The van der Waals surface area contributed by atoms with Crippen molar-refractivity contribution in [2.24, 2.45) is 0 Å². The van der Waals surface area contributed by atoms with Crippen molar-refractivity contribution in [3.63, 3.8) is 0 Å². The molecule has 1 aromatic heterocycles. The number of alkyl halides is 3. The number of aromatic nitrogens is 2. The number of rotatable bonds is 3. The fraction of sp³-hybridized carbons (Fsp3) is 0.250. The zero-order valence-corrected chi connectivity index (χ0v) is 9.70. The Labute approximate surface area is 102 Å². The number of nitrogens with one attached hydrogen (secondary N) is 1. The van der Waals surface area contributed by atoms with E-state index in [9.17, 15) is 13.2 Å². The molecule has 3 nitrogen and oxygen atoms in total. The van der Waals surface area contributed by atoms with Gasteiger partial charge in [-0.05, 0) is 18.7 Å². The van der Waals surface area contributed by atoms with Crippen molar-refractivity contribution in [3.05, 3.63) is 47.8 Å². The first kappa shape index (κ1) is 12.6. The maximum absolute atomic E-state index is 12.5. The summed E-state index contributed by atoms with van der Waals surface area (Å²) in [5.41, 5.74) is 0.779. The van der Waals surface area contributed by atoms with Gasteiger partial charge in [0.2, 0.25) is 0 Å². The summed E-state index contributed by atoms with van der Waals surface area (Å²) >= 11 is 0. The zero-order valence-electron chi connectivity index (χ0n) is 9.70. The molecule has 0 atom stereocenters. The van der Waals surface area contributed by atoms with Crippen LogP contribution in [0.25, 0.3) is 5.69 Å². The highest BCUT2D eigenvalue weighted by Gasteiger charge is 2.32. The second-order valence-electron chi connectivity index (χ2n) is 3.83. The number of hydrogen-bond acceptors (Lipinski definition) is 2. The molecule has 0 radical (unpaired) electrons. The average Bonchev–Trinajstić information content (AvgIpc) is 2.79. The van der Waals surface area contributed by atoms with Crippen LogP contribution in [-0.2, 0) is 12.7 Å². The van der Waals surface area contributed by atoms with Crippen molar-refractivity contribution in [2.45, 2.75) is 12.7 Å². The van der Waals surface area contributed by atoms with E-state index in [0.717, 1.165) is 18.0 Å². The number of nitrogens with zero attached hydrogens (tertiary/aromatic N) is 2. The second-order valence-corrected chi connectivity index (χ2v) is 3.83. The summed E-state index contributed by atoms with van der Waals surface area (Å²) in [6.45, 7) is 0.567. The molecule has 0 amide bonds. The SMILES string of the molecule is CNCc1ccccc1-n1cc(C(F)(F)F)cn1. The van der Waals surface area contributed by atoms with Gasteiger partial charge in [-0.25, -0.2) is 4.68 Å². The van der Waals surface area contributed by atoms with Crippen LogP contribution in [0, 0.1) is 0 Å². The van der Waals surface area contributed by atoms with E-state index in [2.05, 4.69) is 10.4 Å². The third kappa shape index (κ3) is 2.53. The van der Waals surface area contributed by atoms with Crippen molar-refractivity contribution < 1.29 is 13.2 Å². The standard InChI is InChI=1S/C12H12F3N3/c1-16-6-9-4-2-3-5-11(9)18-8-10(7-17-18)12(13,14)15/h2-5,7-8,16H,6H2,1H3. The summed E-state index contributed by atoms with van der Waals surface area (Å²) in [5.74, 6) is 0. The zero-order chi connectivity index (χ0) is 13.2. The first-order chi connectivity index (χ1) is 8.52. The summed E-state index contributed by atoms with van der Waals surface area (Å²) in [6, 6.07) is 7.19. The lowest BCUT2D eigenvalue weighted by Gasteiger charge is -2.08. The van der Waals surface area contributed by atoms with Crippen LogP contribution in [0.3, 0.4) is 0 Å². The molecule has 1 aromatic carbocycles. The van der Waals surface area contributed by atoms with Crippen LogP contribution in [0.2, 0.25) is 0 Å². The molecule has 1 heterocycles. The van der Waals surface area contributed by atoms with E-state index in [1.807, 2.05) is 12.1 Å². The lowest BCUT2D eigenvalue weighted by molar-refractivity contribution is -0.137. The van der Waals surface area contributed by atoms with Crippen LogP contribution in [0.4, 0.5) is 13.2 Å². The Bertz CT molecular complexity index is 531. The Morgan fingerprint density at radius 1 is 1.28 bits per heavy atom. The van der Waals surface area contributed by atoms with Crippen LogP contribution in [-0.4, -0.2) is 16.8 Å². The van der Waals surface area contributed by atoms with E-state index in [4.69, 9.17) is 0 Å². The minimum Gasteiger partial charge on any atom is -0.316 e. The van der Waals surface area contributed by atoms with Gasteiger partial charge >= 0.3 is 6.18 Å². The van der Waals surface area contributed by atoms with Crippen molar-refractivity contribution in [2.75, 3.05) is 7.05 Å². The Kier molecular flexibility index (Phi) is 3.38. The third-order valence-corrected chi connectivity index (χ3v) is 2.52. The van der Waals surface area contributed by atoms with Gasteiger partial charge in [0, 0.05) is 12.7 Å². The van der Waals surface area contributed by atoms with Gasteiger partial charge in [-0.3, -0.25) is 0 Å². The van der Waals surface area contributed by atoms with Gasteiger partial charge in [0.15, 0.2) is 0 Å². The molecule has 2 aromatic rings. The van der Waals surface area contributed by atoms with E-state index >= 15 is 0 Å². The van der Waals surface area contributed by atoms with Gasteiger partial charge in [-0.15, -0.1) is 0 Å². The minimum absolute atomic E-state index is 0.567. The van der Waals surface area contributed by atoms with Crippen molar-refractivity contribution in [3.8, 4) is 5.69 Å². The van der Waals surface area contributed by atoms with Crippen molar-refractivity contribution in [1.82, 2.24) is 15.1 Å². The van der Waals surface area contributed by atoms with Gasteiger partial charge in [0.1, 0.15) is 0 Å². The van der Waals surface area contributed by atoms with E-state index < -0.39 is 11.7 Å². The molecule has 0 fully saturated rings. The minimum atomic E-state index is -4.36. The van der Waals surface area contributed by atoms with Crippen LogP contribution in [0.15, 0.2) is 36.7 Å². The Balaban J connectivity index is 2.40. The maximum Gasteiger partial charge on any atom is 0.419 e. The normalized spacial score (nSPS) is 11.8. The molecule has 0 spiro atoms. The molecule has 0 unspecified atom stereocenters. The van der Waals surface area contributed by atoms with E-state index in [0.29, 0.717) is 12.2 Å². The predicted octanol–water partition coefficient (Wildman–Crippen LogP) is 2.61. The van der Waals surface area contributed by atoms with Crippen LogP contribution in [0.5, 0.6) is 0 Å². The third-order valence-electron chi connectivity index (χ3n) is 2.52.